The zero-order chi connectivity index (χ0) is 13.1. The van der Waals surface area contributed by atoms with Gasteiger partial charge in [0.1, 0.15) is 5.75 Å². The molecule has 0 saturated carbocycles. The summed E-state index contributed by atoms with van der Waals surface area (Å²) in [5, 5.41) is 18.3. The fourth-order valence-electron chi connectivity index (χ4n) is 1.96. The van der Waals surface area contributed by atoms with Crippen LogP contribution in [0.1, 0.15) is 18.1 Å². The van der Waals surface area contributed by atoms with E-state index in [2.05, 4.69) is 0 Å². The Morgan fingerprint density at radius 3 is 2.89 bits per heavy atom. The Hall–Kier alpha value is -1.28. The van der Waals surface area contributed by atoms with Gasteiger partial charge in [-0.05, 0) is 11.6 Å². The van der Waals surface area contributed by atoms with E-state index in [1.54, 1.807) is 12.1 Å². The second kappa shape index (κ2) is 6.77. The lowest BCUT2D eigenvalue weighted by Gasteiger charge is -2.10. The van der Waals surface area contributed by atoms with E-state index in [-0.39, 0.29) is 38.1 Å². The fourth-order valence-corrected chi connectivity index (χ4v) is 1.96. The van der Waals surface area contributed by atoms with Gasteiger partial charge in [0.2, 0.25) is 0 Å². The molecule has 104 valence electrons. The third-order valence-electron chi connectivity index (χ3n) is 2.77. The number of carboxylic acids is 1. The van der Waals surface area contributed by atoms with Crippen molar-refractivity contribution in [2.45, 2.75) is 12.5 Å². The molecule has 0 amide bonds. The van der Waals surface area contributed by atoms with Gasteiger partial charge in [-0.15, -0.1) is 12.4 Å². The summed E-state index contributed by atoms with van der Waals surface area (Å²) in [6.45, 7) is 0.314. The van der Waals surface area contributed by atoms with Gasteiger partial charge in [0.15, 0.2) is 0 Å². The van der Waals surface area contributed by atoms with Gasteiger partial charge < -0.3 is 25.3 Å². The summed E-state index contributed by atoms with van der Waals surface area (Å²) in [7, 11) is -1.07. The van der Waals surface area contributed by atoms with Gasteiger partial charge >= 0.3 is 13.1 Å². The average Bonchev–Trinajstić information content (AvgIpc) is 2.67. The molecule has 1 aliphatic rings. The van der Waals surface area contributed by atoms with E-state index >= 15 is 0 Å². The Bertz CT molecular complexity index is 459. The molecule has 1 aromatic carbocycles. The number of ether oxygens (including phenoxy) is 1. The molecule has 1 aromatic rings. The second-order valence-electron chi connectivity index (χ2n) is 3.96. The third kappa shape index (κ3) is 3.39. The highest BCUT2D eigenvalue weighted by Crippen LogP contribution is 2.26. The van der Waals surface area contributed by atoms with Crippen molar-refractivity contribution in [3.8, 4) is 5.75 Å². The Morgan fingerprint density at radius 1 is 1.53 bits per heavy atom. The summed E-state index contributed by atoms with van der Waals surface area (Å²) in [6, 6.07) is 5.25. The maximum absolute atomic E-state index is 10.4. The molecule has 19 heavy (non-hydrogen) atoms. The first-order valence-corrected chi connectivity index (χ1v) is 5.64. The van der Waals surface area contributed by atoms with Crippen molar-refractivity contribution in [2.75, 3.05) is 13.2 Å². The molecule has 1 aliphatic heterocycles. The van der Waals surface area contributed by atoms with Crippen molar-refractivity contribution in [1.29, 1.82) is 0 Å². The summed E-state index contributed by atoms with van der Waals surface area (Å²) in [5.41, 5.74) is 6.88. The zero-order valence-electron chi connectivity index (χ0n) is 10.1. The van der Waals surface area contributed by atoms with Crippen LogP contribution in [0.4, 0.5) is 0 Å². The van der Waals surface area contributed by atoms with Gasteiger partial charge in [0, 0.05) is 12.0 Å². The molecule has 0 aromatic heterocycles. The Morgan fingerprint density at radius 2 is 2.26 bits per heavy atom. The molecule has 0 spiro atoms. The number of halogens is 1. The highest BCUT2D eigenvalue weighted by Gasteiger charge is 2.37. The van der Waals surface area contributed by atoms with Crippen LogP contribution < -0.4 is 15.9 Å². The molecule has 8 heteroatoms. The number of rotatable bonds is 5. The molecule has 0 fully saturated rings. The number of fused-ring (bicyclic) bond motifs is 1. The van der Waals surface area contributed by atoms with E-state index in [0.29, 0.717) is 11.2 Å². The summed E-state index contributed by atoms with van der Waals surface area (Å²) in [5.74, 6) is -0.489. The molecule has 0 unspecified atom stereocenters. The summed E-state index contributed by atoms with van der Waals surface area (Å²) in [4.78, 5) is 10.4. The first kappa shape index (κ1) is 15.8. The molecule has 1 heterocycles. The van der Waals surface area contributed by atoms with Crippen molar-refractivity contribution >= 4 is 31.0 Å². The van der Waals surface area contributed by atoms with Gasteiger partial charge in [-0.25, -0.2) is 0 Å². The van der Waals surface area contributed by atoms with E-state index in [1.807, 2.05) is 6.07 Å². The van der Waals surface area contributed by atoms with Crippen LogP contribution in [0.25, 0.3) is 0 Å². The van der Waals surface area contributed by atoms with Gasteiger partial charge in [-0.3, -0.25) is 4.79 Å². The van der Waals surface area contributed by atoms with Crippen molar-refractivity contribution in [2.24, 2.45) is 5.73 Å². The molecular weight excluding hydrogens is 272 g/mol. The van der Waals surface area contributed by atoms with Crippen molar-refractivity contribution in [1.82, 2.24) is 0 Å². The van der Waals surface area contributed by atoms with E-state index < -0.39 is 13.1 Å². The molecule has 0 radical (unpaired) electrons. The molecular formula is C11H15BClNO5. The quantitative estimate of drug-likeness (QED) is 0.642. The maximum atomic E-state index is 10.4. The normalized spacial score (nSPS) is 16.7. The number of benzene rings is 1. The van der Waals surface area contributed by atoms with Crippen LogP contribution in [-0.2, 0) is 9.45 Å². The van der Waals surface area contributed by atoms with Crippen LogP contribution in [0.2, 0.25) is 0 Å². The lowest BCUT2D eigenvalue weighted by atomic mass is 9.78. The van der Waals surface area contributed by atoms with Crippen molar-refractivity contribution in [3.05, 3.63) is 23.8 Å². The minimum atomic E-state index is -1.07. The Kier molecular flexibility index (Phi) is 5.62. The monoisotopic (exact) mass is 287 g/mol. The highest BCUT2D eigenvalue weighted by molar-refractivity contribution is 6.62. The van der Waals surface area contributed by atoms with E-state index in [0.717, 1.165) is 5.56 Å². The topological polar surface area (TPSA) is 102 Å². The zero-order valence-corrected chi connectivity index (χ0v) is 10.9. The summed E-state index contributed by atoms with van der Waals surface area (Å²) < 4.78 is 10.6. The third-order valence-corrected chi connectivity index (χ3v) is 2.77. The minimum absolute atomic E-state index is 0. The smallest absolute Gasteiger partial charge is 0.493 e. The molecule has 0 aliphatic carbocycles. The van der Waals surface area contributed by atoms with Crippen LogP contribution in [0, 0.1) is 0 Å². The lowest BCUT2D eigenvalue weighted by Crippen LogP contribution is -2.30. The van der Waals surface area contributed by atoms with Crippen LogP contribution in [0.5, 0.6) is 5.75 Å². The lowest BCUT2D eigenvalue weighted by molar-refractivity contribution is -0.137. The summed E-state index contributed by atoms with van der Waals surface area (Å²) >= 11 is 0. The molecule has 6 nitrogen and oxygen atoms in total. The average molecular weight is 288 g/mol. The van der Waals surface area contributed by atoms with E-state index in [9.17, 15) is 9.82 Å². The van der Waals surface area contributed by atoms with Crippen molar-refractivity contribution < 1.29 is 24.3 Å². The number of hydrogen-bond acceptors (Lipinski definition) is 5. The predicted octanol–water partition coefficient (Wildman–Crippen LogP) is -0.321. The maximum Gasteiger partial charge on any atom is 0.495 e. The first-order valence-electron chi connectivity index (χ1n) is 5.64. The Balaban J connectivity index is 0.00000180. The molecule has 0 saturated heterocycles. The number of hydrogen-bond donors (Lipinski definition) is 3. The molecule has 0 bridgehead atoms. The minimum Gasteiger partial charge on any atom is -0.493 e. The molecule has 2 rings (SSSR count). The SMILES string of the molecule is Cl.NC[C@H]1OB(O)c2c(OCCC(=O)O)cccc21. The van der Waals surface area contributed by atoms with Gasteiger partial charge in [0.05, 0.1) is 19.1 Å². The standard InChI is InChI=1S/C11H14BNO5.ClH/c13-6-9-7-2-1-3-8(11(7)12(16)18-9)17-5-4-10(14)15;/h1-3,9,16H,4-6,13H2,(H,14,15);1H/t9-;/m1./s1. The number of carboxylic acid groups (broad SMARTS) is 1. The van der Waals surface area contributed by atoms with Gasteiger partial charge in [0.25, 0.3) is 0 Å². The van der Waals surface area contributed by atoms with Crippen LogP contribution in [0.3, 0.4) is 0 Å². The van der Waals surface area contributed by atoms with Crippen LogP contribution >= 0.6 is 12.4 Å². The first-order chi connectivity index (χ1) is 8.63. The second-order valence-corrected chi connectivity index (χ2v) is 3.96. The molecule has 4 N–H and O–H groups in total. The fraction of sp³-hybridized carbons (Fsp3) is 0.364. The number of carbonyl (C=O) groups is 1. The summed E-state index contributed by atoms with van der Waals surface area (Å²) in [6.07, 6.45) is -0.445. The predicted molar refractivity (Wildman–Crippen MR) is 71.9 cm³/mol. The number of nitrogens with two attached hydrogens (primary N) is 1. The van der Waals surface area contributed by atoms with Crippen LogP contribution in [-0.4, -0.2) is 36.4 Å². The number of aliphatic carboxylic acids is 1. The van der Waals surface area contributed by atoms with Gasteiger partial charge in [-0.1, -0.05) is 12.1 Å². The van der Waals surface area contributed by atoms with E-state index in [4.69, 9.17) is 20.2 Å². The highest BCUT2D eigenvalue weighted by atomic mass is 35.5. The molecule has 1 atom stereocenters. The van der Waals surface area contributed by atoms with Crippen LogP contribution in [0.15, 0.2) is 18.2 Å². The largest absolute Gasteiger partial charge is 0.495 e. The van der Waals surface area contributed by atoms with Crippen molar-refractivity contribution in [3.63, 3.8) is 0 Å². The van der Waals surface area contributed by atoms with E-state index in [1.165, 1.54) is 0 Å². The Labute approximate surface area is 117 Å². The van der Waals surface area contributed by atoms with Gasteiger partial charge in [-0.2, -0.15) is 0 Å².